The Morgan fingerprint density at radius 2 is 1.49 bits per heavy atom. The normalized spacial score (nSPS) is 11.4. The predicted molar refractivity (Wildman–Crippen MR) is 190 cm³/mol. The van der Waals surface area contributed by atoms with Crippen LogP contribution >= 0.6 is 11.3 Å². The van der Waals surface area contributed by atoms with E-state index < -0.39 is 35.1 Å². The molecule has 1 heterocycles. The van der Waals surface area contributed by atoms with Crippen molar-refractivity contribution in [3.05, 3.63) is 105 Å². The van der Waals surface area contributed by atoms with Crippen molar-refractivity contribution in [3.63, 3.8) is 0 Å². The van der Waals surface area contributed by atoms with Crippen molar-refractivity contribution in [3.8, 4) is 16.9 Å². The molecule has 258 valence electrons. The quantitative estimate of drug-likeness (QED) is 0.134. The first kappa shape index (κ1) is 36.7. The van der Waals surface area contributed by atoms with Crippen LogP contribution in [0.3, 0.4) is 0 Å². The second-order valence-electron chi connectivity index (χ2n) is 13.4. The minimum absolute atomic E-state index is 0.00300. The number of carbonyl (C=O) groups excluding carboxylic acids is 3. The van der Waals surface area contributed by atoms with Gasteiger partial charge >= 0.3 is 18.0 Å². The molecule has 0 aliphatic heterocycles. The maximum atomic E-state index is 13.8. The Balaban J connectivity index is 1.65. The number of rotatable bonds is 11. The van der Waals surface area contributed by atoms with Crippen molar-refractivity contribution in [2.75, 3.05) is 11.9 Å². The molecule has 0 bridgehead atoms. The molecular formula is C38H42N2O8S. The number of esters is 1. The molecule has 0 saturated carbocycles. The fourth-order valence-corrected chi connectivity index (χ4v) is 5.55. The number of carboxylic acids is 1. The molecule has 0 atom stereocenters. The van der Waals surface area contributed by atoms with Gasteiger partial charge in [0.15, 0.2) is 0 Å². The summed E-state index contributed by atoms with van der Waals surface area (Å²) < 4.78 is 17.0. The van der Waals surface area contributed by atoms with E-state index in [0.29, 0.717) is 35.6 Å². The number of aromatic carboxylic acids is 1. The molecule has 3 N–H and O–H groups in total. The molecule has 0 aliphatic rings. The van der Waals surface area contributed by atoms with Crippen LogP contribution < -0.4 is 15.4 Å². The average Bonchev–Trinajstić information content (AvgIpc) is 3.42. The summed E-state index contributed by atoms with van der Waals surface area (Å²) in [6.07, 6.45) is 0.153. The number of hydrogen-bond donors (Lipinski definition) is 3. The molecule has 0 unspecified atom stereocenters. The Hall–Kier alpha value is -5.16. The van der Waals surface area contributed by atoms with E-state index >= 15 is 0 Å². The molecule has 2 amide bonds. The standard InChI is InChI=1S/C38H42N2O8S/c1-23-25(17-19-49-23)16-18-46-28-13-15-30(33(41)40-27-11-8-24(9-12-27)22-39-36(45)48-38(5,6)7)31(21-28)29-14-10-26(34(42)43)20-32(29)35(44)47-37(2,3)4/h8-15,17,19-21H,16,18,22H2,1-7H3,(H,39,45)(H,40,41)(H,42,43). The smallest absolute Gasteiger partial charge is 0.407 e. The summed E-state index contributed by atoms with van der Waals surface area (Å²) in [5.74, 6) is -1.93. The number of benzene rings is 3. The molecule has 49 heavy (non-hydrogen) atoms. The molecule has 3 aromatic carbocycles. The van der Waals surface area contributed by atoms with E-state index in [0.717, 1.165) is 5.56 Å². The third kappa shape index (κ3) is 10.7. The Kier molecular flexibility index (Phi) is 11.5. The van der Waals surface area contributed by atoms with Gasteiger partial charge in [-0.1, -0.05) is 18.2 Å². The third-order valence-corrected chi connectivity index (χ3v) is 7.95. The summed E-state index contributed by atoms with van der Waals surface area (Å²) in [5.41, 5.74) is 1.80. The lowest BCUT2D eigenvalue weighted by Gasteiger charge is -2.21. The fraction of sp³-hybridized carbons (Fsp3) is 0.316. The summed E-state index contributed by atoms with van der Waals surface area (Å²) in [7, 11) is 0. The molecule has 1 aromatic heterocycles. The van der Waals surface area contributed by atoms with Crippen LogP contribution in [0.4, 0.5) is 10.5 Å². The van der Waals surface area contributed by atoms with Gasteiger partial charge in [0.25, 0.3) is 5.91 Å². The second kappa shape index (κ2) is 15.4. The van der Waals surface area contributed by atoms with Crippen molar-refractivity contribution < 1.29 is 38.5 Å². The number of nitrogens with one attached hydrogen (secondary N) is 2. The molecule has 0 fully saturated rings. The number of anilines is 1. The third-order valence-electron chi connectivity index (χ3n) is 7.07. The highest BCUT2D eigenvalue weighted by molar-refractivity contribution is 7.10. The maximum absolute atomic E-state index is 13.8. The number of aryl methyl sites for hydroxylation is 1. The lowest BCUT2D eigenvalue weighted by Crippen LogP contribution is -2.32. The van der Waals surface area contributed by atoms with Crippen LogP contribution in [0.25, 0.3) is 11.1 Å². The zero-order chi connectivity index (χ0) is 35.9. The lowest BCUT2D eigenvalue weighted by atomic mass is 9.93. The van der Waals surface area contributed by atoms with E-state index in [4.69, 9.17) is 14.2 Å². The fourth-order valence-electron chi connectivity index (χ4n) is 4.79. The predicted octanol–water partition coefficient (Wildman–Crippen LogP) is 8.28. The van der Waals surface area contributed by atoms with E-state index in [1.165, 1.54) is 28.6 Å². The monoisotopic (exact) mass is 686 g/mol. The van der Waals surface area contributed by atoms with Gasteiger partial charge in [0.05, 0.1) is 17.7 Å². The number of carbonyl (C=O) groups is 4. The first-order chi connectivity index (χ1) is 23.0. The molecule has 0 spiro atoms. The number of ether oxygens (including phenoxy) is 3. The highest BCUT2D eigenvalue weighted by Crippen LogP contribution is 2.33. The maximum Gasteiger partial charge on any atom is 0.407 e. The van der Waals surface area contributed by atoms with Gasteiger partial charge in [-0.05, 0) is 125 Å². The SMILES string of the molecule is Cc1sccc1CCOc1ccc(C(=O)Nc2ccc(CNC(=O)OC(C)(C)C)cc2)c(-c2ccc(C(=O)O)cc2C(=O)OC(C)(C)C)c1. The number of carboxylic acid groups (broad SMARTS) is 1. The van der Waals surface area contributed by atoms with E-state index in [9.17, 15) is 24.3 Å². The Labute approximate surface area is 290 Å². The molecule has 11 heteroatoms. The number of thiophene rings is 1. The van der Waals surface area contributed by atoms with Crippen LogP contribution in [0.5, 0.6) is 5.75 Å². The second-order valence-corrected chi connectivity index (χ2v) is 14.5. The highest BCUT2D eigenvalue weighted by atomic mass is 32.1. The van der Waals surface area contributed by atoms with Gasteiger partial charge in [-0.3, -0.25) is 4.79 Å². The van der Waals surface area contributed by atoms with Crippen LogP contribution in [-0.4, -0.2) is 46.9 Å². The first-order valence-corrected chi connectivity index (χ1v) is 16.6. The minimum atomic E-state index is -1.21. The first-order valence-electron chi connectivity index (χ1n) is 15.8. The number of hydrogen-bond acceptors (Lipinski definition) is 8. The van der Waals surface area contributed by atoms with Crippen molar-refractivity contribution in [1.29, 1.82) is 0 Å². The lowest BCUT2D eigenvalue weighted by molar-refractivity contribution is 0.00699. The summed E-state index contributed by atoms with van der Waals surface area (Å²) in [4.78, 5) is 52.4. The highest BCUT2D eigenvalue weighted by Gasteiger charge is 2.25. The Bertz CT molecular complexity index is 1830. The van der Waals surface area contributed by atoms with Crippen LogP contribution in [0, 0.1) is 6.92 Å². The number of alkyl carbamates (subject to hydrolysis) is 1. The van der Waals surface area contributed by atoms with E-state index in [2.05, 4.69) is 23.6 Å². The van der Waals surface area contributed by atoms with Gasteiger partial charge in [0, 0.05) is 29.1 Å². The van der Waals surface area contributed by atoms with Crippen molar-refractivity contribution in [2.24, 2.45) is 0 Å². The van der Waals surface area contributed by atoms with Crippen molar-refractivity contribution in [2.45, 2.75) is 72.6 Å². The zero-order valence-corrected chi connectivity index (χ0v) is 29.6. The summed E-state index contributed by atoms with van der Waals surface area (Å²) in [6, 6.07) is 18.1. The van der Waals surface area contributed by atoms with Crippen LogP contribution in [0.1, 0.15) is 88.6 Å². The van der Waals surface area contributed by atoms with Crippen LogP contribution in [0.2, 0.25) is 0 Å². The van der Waals surface area contributed by atoms with Gasteiger partial charge in [0.2, 0.25) is 0 Å². The van der Waals surface area contributed by atoms with Gasteiger partial charge in [-0.2, -0.15) is 0 Å². The van der Waals surface area contributed by atoms with Gasteiger partial charge in [-0.25, -0.2) is 14.4 Å². The zero-order valence-electron chi connectivity index (χ0n) is 28.8. The van der Waals surface area contributed by atoms with E-state index in [1.54, 1.807) is 95.3 Å². The molecule has 4 rings (SSSR count). The molecule has 4 aromatic rings. The Morgan fingerprint density at radius 1 is 0.796 bits per heavy atom. The van der Waals surface area contributed by atoms with Gasteiger partial charge < -0.3 is 30.0 Å². The molecule has 10 nitrogen and oxygen atoms in total. The van der Waals surface area contributed by atoms with Gasteiger partial charge in [-0.15, -0.1) is 11.3 Å². The van der Waals surface area contributed by atoms with E-state index in [-0.39, 0.29) is 23.2 Å². The molecule has 0 radical (unpaired) electrons. The Morgan fingerprint density at radius 3 is 2.10 bits per heavy atom. The summed E-state index contributed by atoms with van der Waals surface area (Å²) in [6.45, 7) is 13.2. The molecule has 0 aliphatic carbocycles. The average molecular weight is 687 g/mol. The van der Waals surface area contributed by atoms with Gasteiger partial charge in [0.1, 0.15) is 17.0 Å². The van der Waals surface area contributed by atoms with E-state index in [1.807, 2.05) is 5.38 Å². The largest absolute Gasteiger partial charge is 0.493 e. The van der Waals surface area contributed by atoms with Crippen molar-refractivity contribution in [1.82, 2.24) is 5.32 Å². The van der Waals surface area contributed by atoms with Crippen LogP contribution in [0.15, 0.2) is 72.1 Å². The van der Waals surface area contributed by atoms with Crippen LogP contribution in [-0.2, 0) is 22.4 Å². The number of amides is 2. The minimum Gasteiger partial charge on any atom is -0.493 e. The summed E-state index contributed by atoms with van der Waals surface area (Å²) >= 11 is 1.67. The molecular weight excluding hydrogens is 644 g/mol. The summed E-state index contributed by atoms with van der Waals surface area (Å²) in [5, 5.41) is 17.3. The molecule has 0 saturated heterocycles. The topological polar surface area (TPSA) is 140 Å². The van der Waals surface area contributed by atoms with Crippen molar-refractivity contribution >= 4 is 41.0 Å².